The van der Waals surface area contributed by atoms with Crippen molar-refractivity contribution in [2.45, 2.75) is 58.1 Å². The van der Waals surface area contributed by atoms with Crippen LogP contribution in [0.4, 0.5) is 0 Å². The molecule has 2 aliphatic heterocycles. The van der Waals surface area contributed by atoms with Crippen molar-refractivity contribution in [1.29, 1.82) is 0 Å². The Kier molecular flexibility index (Phi) is 6.50. The van der Waals surface area contributed by atoms with Crippen LogP contribution in [0.3, 0.4) is 0 Å². The van der Waals surface area contributed by atoms with E-state index in [9.17, 15) is 14.4 Å². The van der Waals surface area contributed by atoms with Gasteiger partial charge in [-0.25, -0.2) is 0 Å². The van der Waals surface area contributed by atoms with E-state index in [1.165, 1.54) is 4.90 Å². The van der Waals surface area contributed by atoms with Crippen LogP contribution in [-0.4, -0.2) is 59.9 Å². The molecule has 1 saturated heterocycles. The summed E-state index contributed by atoms with van der Waals surface area (Å²) in [7, 11) is 1.75. The fourth-order valence-electron chi connectivity index (χ4n) is 3.99. The van der Waals surface area contributed by atoms with Gasteiger partial charge in [0.25, 0.3) is 11.8 Å². The molecule has 152 valence electrons. The van der Waals surface area contributed by atoms with Crippen LogP contribution in [0.2, 0.25) is 0 Å². The first-order valence-electron chi connectivity index (χ1n) is 10.2. The first-order chi connectivity index (χ1) is 13.4. The fourth-order valence-corrected chi connectivity index (χ4v) is 3.99. The summed E-state index contributed by atoms with van der Waals surface area (Å²) in [5.41, 5.74) is 0.764. The highest BCUT2D eigenvalue weighted by atomic mass is 16.5. The van der Waals surface area contributed by atoms with Gasteiger partial charge < -0.3 is 9.64 Å². The Bertz CT molecular complexity index is 705. The predicted octanol–water partition coefficient (Wildman–Crippen LogP) is 3.11. The number of carbonyl (C=O) groups is 3. The number of imide groups is 1. The molecule has 0 aromatic heterocycles. The molecule has 1 aromatic rings. The van der Waals surface area contributed by atoms with Crippen molar-refractivity contribution in [3.05, 3.63) is 35.4 Å². The number of hydrogen-bond donors (Lipinski definition) is 0. The van der Waals surface area contributed by atoms with Crippen molar-refractivity contribution in [1.82, 2.24) is 9.80 Å². The average Bonchev–Trinajstić information content (AvgIpc) is 2.95. The highest BCUT2D eigenvalue weighted by Gasteiger charge is 2.43. The molecule has 0 spiro atoms. The molecule has 0 N–H and O–H groups in total. The van der Waals surface area contributed by atoms with Gasteiger partial charge in [-0.2, -0.15) is 0 Å². The van der Waals surface area contributed by atoms with Crippen LogP contribution in [-0.2, 0) is 9.53 Å². The molecule has 6 nitrogen and oxygen atoms in total. The number of benzene rings is 1. The first kappa shape index (κ1) is 20.5. The average molecular weight is 386 g/mol. The number of rotatable bonds is 7. The molecule has 0 bridgehead atoms. The van der Waals surface area contributed by atoms with Gasteiger partial charge in [-0.15, -0.1) is 0 Å². The van der Waals surface area contributed by atoms with Crippen molar-refractivity contribution in [3.8, 4) is 0 Å². The molecule has 1 aromatic carbocycles. The largest absolute Gasteiger partial charge is 0.378 e. The van der Waals surface area contributed by atoms with E-state index in [2.05, 4.69) is 0 Å². The molecular formula is C22H30N2O4. The monoisotopic (exact) mass is 386 g/mol. The van der Waals surface area contributed by atoms with Crippen LogP contribution in [0.1, 0.15) is 66.7 Å². The third kappa shape index (κ3) is 4.27. The third-order valence-electron chi connectivity index (χ3n) is 5.55. The zero-order chi connectivity index (χ0) is 20.3. The summed E-state index contributed by atoms with van der Waals surface area (Å²) in [6.45, 7) is 5.33. The van der Waals surface area contributed by atoms with Gasteiger partial charge in [0, 0.05) is 20.2 Å². The number of nitrogens with zero attached hydrogens (tertiary/aromatic N) is 2. The molecule has 1 fully saturated rings. The van der Waals surface area contributed by atoms with Crippen LogP contribution in [0.25, 0.3) is 0 Å². The zero-order valence-electron chi connectivity index (χ0n) is 17.0. The van der Waals surface area contributed by atoms with Crippen molar-refractivity contribution in [3.63, 3.8) is 0 Å². The molecule has 6 heteroatoms. The molecule has 2 heterocycles. The number of hydrogen-bond acceptors (Lipinski definition) is 4. The van der Waals surface area contributed by atoms with Crippen molar-refractivity contribution in [2.24, 2.45) is 5.92 Å². The molecule has 0 saturated carbocycles. The van der Waals surface area contributed by atoms with Gasteiger partial charge in [-0.05, 0) is 50.2 Å². The van der Waals surface area contributed by atoms with Gasteiger partial charge in [-0.1, -0.05) is 26.0 Å². The van der Waals surface area contributed by atoms with Crippen LogP contribution < -0.4 is 0 Å². The van der Waals surface area contributed by atoms with Crippen molar-refractivity contribution in [2.75, 3.05) is 20.2 Å². The van der Waals surface area contributed by atoms with E-state index in [0.29, 0.717) is 24.1 Å². The molecule has 3 rings (SSSR count). The van der Waals surface area contributed by atoms with Gasteiger partial charge in [-0.3, -0.25) is 19.3 Å². The maximum Gasteiger partial charge on any atom is 0.262 e. The van der Waals surface area contributed by atoms with Crippen LogP contribution in [0.15, 0.2) is 24.3 Å². The van der Waals surface area contributed by atoms with Crippen molar-refractivity contribution < 1.29 is 19.1 Å². The minimum Gasteiger partial charge on any atom is -0.378 e. The minimum atomic E-state index is -0.773. The lowest BCUT2D eigenvalue weighted by molar-refractivity contribution is -0.135. The molecule has 2 aliphatic rings. The summed E-state index contributed by atoms with van der Waals surface area (Å²) in [6.07, 6.45) is 4.70. The second kappa shape index (κ2) is 8.86. The lowest BCUT2D eigenvalue weighted by atomic mass is 10.0. The van der Waals surface area contributed by atoms with Gasteiger partial charge in [0.1, 0.15) is 6.04 Å². The summed E-state index contributed by atoms with van der Waals surface area (Å²) in [5.74, 6) is -0.750. The summed E-state index contributed by atoms with van der Waals surface area (Å²) in [5, 5.41) is 0. The molecule has 0 radical (unpaired) electrons. The lowest BCUT2D eigenvalue weighted by Crippen LogP contribution is -2.51. The van der Waals surface area contributed by atoms with Gasteiger partial charge >= 0.3 is 0 Å². The number of fused-ring (bicyclic) bond motifs is 1. The summed E-state index contributed by atoms with van der Waals surface area (Å²) >= 11 is 0. The predicted molar refractivity (Wildman–Crippen MR) is 106 cm³/mol. The zero-order valence-corrected chi connectivity index (χ0v) is 17.0. The molecule has 28 heavy (non-hydrogen) atoms. The number of carbonyl (C=O) groups excluding carboxylic acids is 3. The van der Waals surface area contributed by atoms with E-state index in [1.807, 2.05) is 13.8 Å². The summed E-state index contributed by atoms with van der Waals surface area (Å²) in [6, 6.07) is 6.00. The van der Waals surface area contributed by atoms with E-state index in [-0.39, 0.29) is 29.7 Å². The van der Waals surface area contributed by atoms with Gasteiger partial charge in [0.15, 0.2) is 0 Å². The Hall–Kier alpha value is -2.21. The maximum absolute atomic E-state index is 13.2. The molecular weight excluding hydrogens is 356 g/mol. The molecule has 3 amide bonds. The SMILES string of the molecule is CC(C)CC(C(=O)N(C)CCC1CCCCO1)N1C(=O)c2ccccc2C1=O. The standard InChI is InChI=1S/C22H30N2O4/c1-15(2)14-19(22(27)23(3)12-11-16-8-6-7-13-28-16)24-20(25)17-9-4-5-10-18(17)21(24)26/h4-5,9-10,15-16,19H,6-8,11-14H2,1-3H3. The van der Waals surface area contributed by atoms with E-state index < -0.39 is 6.04 Å². The van der Waals surface area contributed by atoms with Gasteiger partial charge in [0.2, 0.25) is 5.91 Å². The smallest absolute Gasteiger partial charge is 0.262 e. The topological polar surface area (TPSA) is 66.9 Å². The van der Waals surface area contributed by atoms with Crippen LogP contribution in [0.5, 0.6) is 0 Å². The fraction of sp³-hybridized carbons (Fsp3) is 0.591. The highest BCUT2D eigenvalue weighted by Crippen LogP contribution is 2.28. The Balaban J connectivity index is 1.73. The Morgan fingerprint density at radius 2 is 1.82 bits per heavy atom. The van der Waals surface area contributed by atoms with Gasteiger partial charge in [0.05, 0.1) is 17.2 Å². The van der Waals surface area contributed by atoms with Crippen LogP contribution >= 0.6 is 0 Å². The number of amides is 3. The third-order valence-corrected chi connectivity index (χ3v) is 5.55. The Morgan fingerprint density at radius 3 is 2.36 bits per heavy atom. The first-order valence-corrected chi connectivity index (χ1v) is 10.2. The number of ether oxygens (including phenoxy) is 1. The summed E-state index contributed by atoms with van der Waals surface area (Å²) in [4.78, 5) is 41.8. The highest BCUT2D eigenvalue weighted by molar-refractivity contribution is 6.22. The quantitative estimate of drug-likeness (QED) is 0.676. The second-order valence-corrected chi connectivity index (χ2v) is 8.21. The van der Waals surface area contributed by atoms with E-state index in [0.717, 1.165) is 32.3 Å². The van der Waals surface area contributed by atoms with E-state index >= 15 is 0 Å². The molecule has 0 aliphatic carbocycles. The molecule has 2 unspecified atom stereocenters. The normalized spacial score (nSPS) is 20.4. The number of likely N-dealkylation sites (N-methyl/N-ethyl adjacent to an activating group) is 1. The second-order valence-electron chi connectivity index (χ2n) is 8.21. The van der Waals surface area contributed by atoms with E-state index in [1.54, 1.807) is 36.2 Å². The summed E-state index contributed by atoms with van der Waals surface area (Å²) < 4.78 is 5.75. The Morgan fingerprint density at radius 1 is 1.18 bits per heavy atom. The minimum absolute atomic E-state index is 0.174. The van der Waals surface area contributed by atoms with Crippen LogP contribution in [0, 0.1) is 5.92 Å². The lowest BCUT2D eigenvalue weighted by Gasteiger charge is -2.31. The Labute approximate surface area is 166 Å². The van der Waals surface area contributed by atoms with Crippen molar-refractivity contribution >= 4 is 17.7 Å². The van der Waals surface area contributed by atoms with E-state index in [4.69, 9.17) is 4.74 Å². The molecule has 2 atom stereocenters. The maximum atomic E-state index is 13.2.